The molecule has 0 spiro atoms. The SMILES string of the molecule is CC(C)C(=O)Cc1cc(Cl)c(Nc2nc3cc(F)ccc3s2)cc1F. The number of hydrogen-bond acceptors (Lipinski definition) is 4. The molecule has 1 aromatic heterocycles. The summed E-state index contributed by atoms with van der Waals surface area (Å²) in [6, 6.07) is 7.03. The first-order chi connectivity index (χ1) is 11.8. The van der Waals surface area contributed by atoms with Crippen molar-refractivity contribution in [2.45, 2.75) is 20.3 Å². The molecule has 3 nitrogen and oxygen atoms in total. The van der Waals surface area contributed by atoms with Gasteiger partial charge >= 0.3 is 0 Å². The van der Waals surface area contributed by atoms with Gasteiger partial charge in [0.2, 0.25) is 0 Å². The summed E-state index contributed by atoms with van der Waals surface area (Å²) >= 11 is 7.52. The van der Waals surface area contributed by atoms with E-state index in [0.717, 1.165) is 4.70 Å². The largest absolute Gasteiger partial charge is 0.330 e. The number of rotatable bonds is 5. The number of nitrogens with one attached hydrogen (secondary N) is 1. The fraction of sp³-hybridized carbons (Fsp3) is 0.222. The first-order valence-electron chi connectivity index (χ1n) is 7.67. The van der Waals surface area contributed by atoms with Crippen molar-refractivity contribution in [3.8, 4) is 0 Å². The number of hydrogen-bond donors (Lipinski definition) is 1. The Kier molecular flexibility index (Phi) is 5.01. The first kappa shape index (κ1) is 17.8. The summed E-state index contributed by atoms with van der Waals surface area (Å²) in [5.74, 6) is -1.09. The van der Waals surface area contributed by atoms with Crippen LogP contribution in [0.3, 0.4) is 0 Å². The molecule has 0 aliphatic heterocycles. The lowest BCUT2D eigenvalue weighted by Gasteiger charge is -2.10. The van der Waals surface area contributed by atoms with Gasteiger partial charge in [0, 0.05) is 18.4 Å². The van der Waals surface area contributed by atoms with Gasteiger partial charge in [-0.2, -0.15) is 0 Å². The number of carbonyl (C=O) groups excluding carboxylic acids is 1. The Balaban J connectivity index is 1.86. The van der Waals surface area contributed by atoms with Crippen LogP contribution in [0.4, 0.5) is 19.6 Å². The third-order valence-corrected chi connectivity index (χ3v) is 5.00. The number of aromatic nitrogens is 1. The Labute approximate surface area is 152 Å². The van der Waals surface area contributed by atoms with Crippen LogP contribution in [0, 0.1) is 17.6 Å². The fourth-order valence-electron chi connectivity index (χ4n) is 2.28. The van der Waals surface area contributed by atoms with E-state index in [4.69, 9.17) is 11.6 Å². The molecule has 0 aliphatic rings. The van der Waals surface area contributed by atoms with Crippen molar-refractivity contribution in [3.63, 3.8) is 0 Å². The van der Waals surface area contributed by atoms with Crippen molar-refractivity contribution in [2.24, 2.45) is 5.92 Å². The summed E-state index contributed by atoms with van der Waals surface area (Å²) in [7, 11) is 0. The average Bonchev–Trinajstić information content (AvgIpc) is 2.93. The molecular weight excluding hydrogens is 366 g/mol. The van der Waals surface area contributed by atoms with Gasteiger partial charge in [0.1, 0.15) is 17.4 Å². The summed E-state index contributed by atoms with van der Waals surface area (Å²) in [5.41, 5.74) is 1.13. The molecule has 0 radical (unpaired) electrons. The van der Waals surface area contributed by atoms with Gasteiger partial charge in [0.25, 0.3) is 0 Å². The smallest absolute Gasteiger partial charge is 0.188 e. The maximum atomic E-state index is 14.3. The van der Waals surface area contributed by atoms with Crippen LogP contribution in [0.1, 0.15) is 19.4 Å². The number of nitrogens with zero attached hydrogens (tertiary/aromatic N) is 1. The number of benzene rings is 2. The fourth-order valence-corrected chi connectivity index (χ4v) is 3.37. The molecule has 0 saturated carbocycles. The van der Waals surface area contributed by atoms with Crippen molar-refractivity contribution in [1.82, 2.24) is 4.98 Å². The molecule has 7 heteroatoms. The molecule has 1 heterocycles. The molecule has 1 N–H and O–H groups in total. The van der Waals surface area contributed by atoms with Crippen LogP contribution < -0.4 is 5.32 Å². The number of halogens is 3. The highest BCUT2D eigenvalue weighted by molar-refractivity contribution is 7.22. The van der Waals surface area contributed by atoms with Crippen molar-refractivity contribution < 1.29 is 13.6 Å². The van der Waals surface area contributed by atoms with Gasteiger partial charge in [-0.3, -0.25) is 4.79 Å². The lowest BCUT2D eigenvalue weighted by Crippen LogP contribution is -2.11. The number of thiazole rings is 1. The normalized spacial score (nSPS) is 11.3. The predicted octanol–water partition coefficient (Wildman–Crippen LogP) is 5.74. The minimum Gasteiger partial charge on any atom is -0.330 e. The van der Waals surface area contributed by atoms with Crippen molar-refractivity contribution in [3.05, 3.63) is 52.6 Å². The Morgan fingerprint density at radius 3 is 2.76 bits per heavy atom. The molecule has 0 unspecified atom stereocenters. The molecule has 3 aromatic rings. The first-order valence-corrected chi connectivity index (χ1v) is 8.86. The van der Waals surface area contributed by atoms with E-state index in [0.29, 0.717) is 21.4 Å². The molecule has 0 saturated heterocycles. The number of ketones is 1. The van der Waals surface area contributed by atoms with Crippen LogP contribution in [0.15, 0.2) is 30.3 Å². The van der Waals surface area contributed by atoms with Gasteiger partial charge in [-0.05, 0) is 29.8 Å². The van der Waals surface area contributed by atoms with E-state index in [2.05, 4.69) is 10.3 Å². The zero-order chi connectivity index (χ0) is 18.1. The second-order valence-corrected chi connectivity index (χ2v) is 7.42. The van der Waals surface area contributed by atoms with Gasteiger partial charge in [-0.25, -0.2) is 13.8 Å². The van der Waals surface area contributed by atoms with Crippen molar-refractivity contribution in [1.29, 1.82) is 0 Å². The van der Waals surface area contributed by atoms with Crippen LogP contribution in [-0.4, -0.2) is 10.8 Å². The quantitative estimate of drug-likeness (QED) is 0.613. The molecule has 3 rings (SSSR count). The molecule has 0 aliphatic carbocycles. The van der Waals surface area contributed by atoms with Crippen molar-refractivity contribution >= 4 is 49.8 Å². The Morgan fingerprint density at radius 2 is 2.04 bits per heavy atom. The van der Waals surface area contributed by atoms with E-state index in [1.165, 1.54) is 35.6 Å². The van der Waals surface area contributed by atoms with Crippen LogP contribution in [0.25, 0.3) is 10.2 Å². The summed E-state index contributed by atoms with van der Waals surface area (Å²) in [6.45, 7) is 3.54. The Hall–Kier alpha value is -2.05. The van der Waals surface area contributed by atoms with E-state index < -0.39 is 5.82 Å². The van der Waals surface area contributed by atoms with Crippen LogP contribution in [0.2, 0.25) is 5.02 Å². The minimum atomic E-state index is -0.506. The lowest BCUT2D eigenvalue weighted by atomic mass is 10.0. The Morgan fingerprint density at radius 1 is 1.28 bits per heavy atom. The lowest BCUT2D eigenvalue weighted by molar-refractivity contribution is -0.121. The highest BCUT2D eigenvalue weighted by atomic mass is 35.5. The number of carbonyl (C=O) groups is 1. The van der Waals surface area contributed by atoms with E-state index in [1.807, 2.05) is 0 Å². The molecule has 2 aromatic carbocycles. The van der Waals surface area contributed by atoms with Crippen LogP contribution in [-0.2, 0) is 11.2 Å². The van der Waals surface area contributed by atoms with Crippen molar-refractivity contribution in [2.75, 3.05) is 5.32 Å². The number of fused-ring (bicyclic) bond motifs is 1. The predicted molar refractivity (Wildman–Crippen MR) is 97.8 cm³/mol. The summed E-state index contributed by atoms with van der Waals surface area (Å²) in [6.07, 6.45) is 0.00388. The molecule has 25 heavy (non-hydrogen) atoms. The monoisotopic (exact) mass is 380 g/mol. The summed E-state index contributed by atoms with van der Waals surface area (Å²) < 4.78 is 28.3. The van der Waals surface area contributed by atoms with Gasteiger partial charge in [-0.15, -0.1) is 0 Å². The zero-order valence-corrected chi connectivity index (χ0v) is 15.1. The third kappa shape index (κ3) is 3.96. The molecule has 0 bridgehead atoms. The Bertz CT molecular complexity index is 956. The molecule has 0 amide bonds. The summed E-state index contributed by atoms with van der Waals surface area (Å²) in [4.78, 5) is 16.1. The average molecular weight is 381 g/mol. The molecular formula is C18H15ClF2N2OS. The molecule has 130 valence electrons. The standard InChI is InChI=1S/C18H15ClF2N2OS/c1-9(2)16(24)6-10-5-12(19)14(8-13(10)21)22-18-23-15-7-11(20)3-4-17(15)25-18/h3-5,7-9H,6H2,1-2H3,(H,22,23). The molecule has 0 fully saturated rings. The van der Waals surface area contributed by atoms with E-state index in [-0.39, 0.29) is 29.5 Å². The van der Waals surface area contributed by atoms with Gasteiger partial charge in [0.15, 0.2) is 5.13 Å². The van der Waals surface area contributed by atoms with Gasteiger partial charge in [0.05, 0.1) is 20.9 Å². The van der Waals surface area contributed by atoms with Crippen LogP contribution >= 0.6 is 22.9 Å². The zero-order valence-electron chi connectivity index (χ0n) is 13.6. The van der Waals surface area contributed by atoms with Crippen LogP contribution in [0.5, 0.6) is 0 Å². The van der Waals surface area contributed by atoms with E-state index in [1.54, 1.807) is 19.9 Å². The highest BCUT2D eigenvalue weighted by Gasteiger charge is 2.15. The third-order valence-electron chi connectivity index (χ3n) is 3.74. The van der Waals surface area contributed by atoms with E-state index in [9.17, 15) is 13.6 Å². The highest BCUT2D eigenvalue weighted by Crippen LogP contribution is 2.33. The maximum Gasteiger partial charge on any atom is 0.188 e. The maximum absolute atomic E-state index is 14.3. The second kappa shape index (κ2) is 7.06. The van der Waals surface area contributed by atoms with E-state index >= 15 is 0 Å². The molecule has 0 atom stereocenters. The van der Waals surface area contributed by atoms with Gasteiger partial charge in [-0.1, -0.05) is 36.8 Å². The second-order valence-electron chi connectivity index (χ2n) is 5.98. The number of anilines is 2. The number of Topliss-reactive ketones (excluding diaryl/α,β-unsaturated/α-hetero) is 1. The van der Waals surface area contributed by atoms with Gasteiger partial charge < -0.3 is 5.32 Å². The minimum absolute atomic E-state index is 0.00388. The topological polar surface area (TPSA) is 42.0 Å². The summed E-state index contributed by atoms with van der Waals surface area (Å²) in [5, 5.41) is 3.72.